The van der Waals surface area contributed by atoms with E-state index in [0.717, 1.165) is 22.4 Å². The van der Waals surface area contributed by atoms with Crippen LogP contribution in [0.5, 0.6) is 11.5 Å². The molecule has 0 saturated carbocycles. The van der Waals surface area contributed by atoms with Crippen LogP contribution in [0.3, 0.4) is 0 Å². The van der Waals surface area contributed by atoms with E-state index in [0.29, 0.717) is 13.0 Å². The number of aryl methyl sites for hydroxylation is 1. The summed E-state index contributed by atoms with van der Waals surface area (Å²) in [5.41, 5.74) is 0.966. The van der Waals surface area contributed by atoms with Gasteiger partial charge in [-0.2, -0.15) is 0 Å². The summed E-state index contributed by atoms with van der Waals surface area (Å²) in [5, 5.41) is 9.69. The Bertz CT molecular complexity index is 588. The lowest BCUT2D eigenvalue weighted by atomic mass is 10.2. The third kappa shape index (κ3) is 2.81. The van der Waals surface area contributed by atoms with Crippen LogP contribution >= 0.6 is 0 Å². The molecule has 0 fully saturated rings. The maximum absolute atomic E-state index is 10.5. The Kier molecular flexibility index (Phi) is 3.94. The van der Waals surface area contributed by atoms with Crippen LogP contribution < -0.4 is 9.47 Å². The highest BCUT2D eigenvalue weighted by atomic mass is 16.5. The molecule has 1 aromatic carbocycles. The lowest BCUT2D eigenvalue weighted by Crippen LogP contribution is -2.01. The molecule has 0 aliphatic heterocycles. The van der Waals surface area contributed by atoms with E-state index in [9.17, 15) is 4.79 Å². The Morgan fingerprint density at radius 1 is 1.32 bits per heavy atom. The monoisotopic (exact) mass is 263 g/mol. The second-order valence-corrected chi connectivity index (χ2v) is 4.27. The van der Waals surface area contributed by atoms with Crippen LogP contribution in [0.2, 0.25) is 0 Å². The molecule has 0 spiro atoms. The predicted molar refractivity (Wildman–Crippen MR) is 71.9 cm³/mol. The first-order valence-corrected chi connectivity index (χ1v) is 6.08. The summed E-state index contributed by atoms with van der Waals surface area (Å²) in [6.45, 7) is 0.651. The molecular weight excluding hydrogens is 246 g/mol. The van der Waals surface area contributed by atoms with Crippen molar-refractivity contribution in [2.75, 3.05) is 14.2 Å². The number of carbonyl (C=O) groups is 1. The number of rotatable bonds is 6. The fraction of sp³-hybridized carbons (Fsp3) is 0.357. The zero-order chi connectivity index (χ0) is 13.8. The summed E-state index contributed by atoms with van der Waals surface area (Å²) in [6, 6.07) is 5.74. The number of aliphatic carboxylic acids is 1. The van der Waals surface area contributed by atoms with Crippen molar-refractivity contribution in [3.05, 3.63) is 24.4 Å². The molecule has 5 nitrogen and oxygen atoms in total. The first-order chi connectivity index (χ1) is 9.15. The maximum atomic E-state index is 10.5. The molecule has 0 aliphatic carbocycles. The van der Waals surface area contributed by atoms with E-state index < -0.39 is 5.97 Å². The molecule has 0 radical (unpaired) electrons. The normalized spacial score (nSPS) is 10.6. The fourth-order valence-electron chi connectivity index (χ4n) is 2.14. The molecule has 1 N–H and O–H groups in total. The Morgan fingerprint density at radius 2 is 2.11 bits per heavy atom. The first-order valence-electron chi connectivity index (χ1n) is 6.08. The molecule has 0 saturated heterocycles. The Labute approximate surface area is 111 Å². The number of hydrogen-bond acceptors (Lipinski definition) is 3. The lowest BCUT2D eigenvalue weighted by molar-refractivity contribution is -0.137. The van der Waals surface area contributed by atoms with Crippen molar-refractivity contribution in [3.8, 4) is 11.5 Å². The predicted octanol–water partition coefficient (Wildman–Crippen LogP) is 2.52. The van der Waals surface area contributed by atoms with E-state index in [1.54, 1.807) is 14.2 Å². The quantitative estimate of drug-likeness (QED) is 0.870. The highest BCUT2D eigenvalue weighted by Crippen LogP contribution is 2.32. The third-order valence-corrected chi connectivity index (χ3v) is 3.04. The molecule has 1 aromatic heterocycles. The smallest absolute Gasteiger partial charge is 0.303 e. The van der Waals surface area contributed by atoms with E-state index in [2.05, 4.69) is 0 Å². The number of methoxy groups -OCH3 is 2. The molecule has 102 valence electrons. The van der Waals surface area contributed by atoms with Crippen LogP contribution in [0.25, 0.3) is 10.9 Å². The van der Waals surface area contributed by atoms with Gasteiger partial charge in [-0.05, 0) is 18.6 Å². The average molecular weight is 263 g/mol. The zero-order valence-corrected chi connectivity index (χ0v) is 11.0. The van der Waals surface area contributed by atoms with Crippen molar-refractivity contribution in [1.29, 1.82) is 0 Å². The molecule has 5 heteroatoms. The van der Waals surface area contributed by atoms with Crippen LogP contribution in [0, 0.1) is 0 Å². The van der Waals surface area contributed by atoms with Crippen LogP contribution in [0.15, 0.2) is 24.4 Å². The standard InChI is InChI=1S/C14H17NO4/c1-18-11-8-10-5-7-15(6-3-4-13(16)17)14(10)12(9-11)19-2/h5,7-9H,3-4,6H2,1-2H3,(H,16,17). The minimum absolute atomic E-state index is 0.165. The number of ether oxygens (including phenoxy) is 2. The minimum Gasteiger partial charge on any atom is -0.497 e. The van der Waals surface area contributed by atoms with Gasteiger partial charge in [-0.1, -0.05) is 0 Å². The van der Waals surface area contributed by atoms with E-state index in [-0.39, 0.29) is 6.42 Å². The van der Waals surface area contributed by atoms with Gasteiger partial charge in [0.2, 0.25) is 0 Å². The number of aromatic nitrogens is 1. The van der Waals surface area contributed by atoms with Gasteiger partial charge in [0.05, 0.1) is 19.7 Å². The molecule has 1 heterocycles. The highest BCUT2D eigenvalue weighted by molar-refractivity contribution is 5.87. The SMILES string of the molecule is COc1cc(OC)c2c(ccn2CCCC(=O)O)c1. The van der Waals surface area contributed by atoms with Crippen molar-refractivity contribution in [3.63, 3.8) is 0 Å². The Balaban J connectivity index is 2.32. The molecule has 19 heavy (non-hydrogen) atoms. The van der Waals surface area contributed by atoms with Gasteiger partial charge in [-0.25, -0.2) is 0 Å². The maximum Gasteiger partial charge on any atom is 0.303 e. The second-order valence-electron chi connectivity index (χ2n) is 4.27. The number of carboxylic acid groups (broad SMARTS) is 1. The van der Waals surface area contributed by atoms with E-state index in [4.69, 9.17) is 14.6 Å². The molecule has 0 bridgehead atoms. The van der Waals surface area contributed by atoms with Gasteiger partial charge in [-0.15, -0.1) is 0 Å². The van der Waals surface area contributed by atoms with Crippen molar-refractivity contribution < 1.29 is 19.4 Å². The zero-order valence-electron chi connectivity index (χ0n) is 11.0. The Morgan fingerprint density at radius 3 is 2.74 bits per heavy atom. The summed E-state index contributed by atoms with van der Waals surface area (Å²) < 4.78 is 12.6. The van der Waals surface area contributed by atoms with E-state index in [1.807, 2.05) is 29.0 Å². The highest BCUT2D eigenvalue weighted by Gasteiger charge is 2.10. The van der Waals surface area contributed by atoms with Gasteiger partial charge in [0.15, 0.2) is 0 Å². The largest absolute Gasteiger partial charge is 0.497 e. The Hall–Kier alpha value is -2.17. The van der Waals surface area contributed by atoms with Crippen molar-refractivity contribution >= 4 is 16.9 Å². The molecule has 2 aromatic rings. The number of hydrogen-bond donors (Lipinski definition) is 1. The van der Waals surface area contributed by atoms with Gasteiger partial charge in [-0.3, -0.25) is 4.79 Å². The van der Waals surface area contributed by atoms with Crippen molar-refractivity contribution in [2.45, 2.75) is 19.4 Å². The van der Waals surface area contributed by atoms with Crippen molar-refractivity contribution in [2.24, 2.45) is 0 Å². The van der Waals surface area contributed by atoms with E-state index >= 15 is 0 Å². The average Bonchev–Trinajstić information content (AvgIpc) is 2.80. The van der Waals surface area contributed by atoms with Crippen molar-refractivity contribution in [1.82, 2.24) is 4.57 Å². The summed E-state index contributed by atoms with van der Waals surface area (Å²) in [5.74, 6) is 0.701. The number of fused-ring (bicyclic) bond motifs is 1. The van der Waals surface area contributed by atoms with Gasteiger partial charge in [0, 0.05) is 30.6 Å². The lowest BCUT2D eigenvalue weighted by Gasteiger charge is -2.10. The summed E-state index contributed by atoms with van der Waals surface area (Å²) in [4.78, 5) is 10.5. The number of carboxylic acids is 1. The number of benzene rings is 1. The van der Waals surface area contributed by atoms with Gasteiger partial charge in [0.1, 0.15) is 11.5 Å². The van der Waals surface area contributed by atoms with Gasteiger partial charge < -0.3 is 19.1 Å². The van der Waals surface area contributed by atoms with E-state index in [1.165, 1.54) is 0 Å². The molecule has 0 unspecified atom stereocenters. The van der Waals surface area contributed by atoms with Crippen LogP contribution in [0.1, 0.15) is 12.8 Å². The third-order valence-electron chi connectivity index (χ3n) is 3.04. The second kappa shape index (κ2) is 5.65. The molecule has 0 aliphatic rings. The first kappa shape index (κ1) is 13.3. The van der Waals surface area contributed by atoms with Crippen LogP contribution in [0.4, 0.5) is 0 Å². The summed E-state index contributed by atoms with van der Waals surface area (Å²) in [7, 11) is 3.23. The van der Waals surface area contributed by atoms with Crippen LogP contribution in [-0.4, -0.2) is 29.9 Å². The summed E-state index contributed by atoms with van der Waals surface area (Å²) >= 11 is 0. The minimum atomic E-state index is -0.773. The summed E-state index contributed by atoms with van der Waals surface area (Å²) in [6.07, 6.45) is 2.70. The fourth-order valence-corrected chi connectivity index (χ4v) is 2.14. The molecule has 2 rings (SSSR count). The number of nitrogens with zero attached hydrogens (tertiary/aromatic N) is 1. The molecule has 0 atom stereocenters. The topological polar surface area (TPSA) is 60.7 Å². The molecular formula is C14H17NO4. The molecule has 0 amide bonds. The van der Waals surface area contributed by atoms with Crippen LogP contribution in [-0.2, 0) is 11.3 Å². The van der Waals surface area contributed by atoms with Gasteiger partial charge in [0.25, 0.3) is 0 Å². The van der Waals surface area contributed by atoms with Gasteiger partial charge >= 0.3 is 5.97 Å².